The molecule has 9 heteroatoms. The third kappa shape index (κ3) is 2.62. The summed E-state index contributed by atoms with van der Waals surface area (Å²) in [6.45, 7) is 0. The van der Waals surface area contributed by atoms with Gasteiger partial charge in [-0.15, -0.1) is 5.10 Å². The molecule has 2 aromatic rings. The molecule has 0 amide bonds. The zero-order chi connectivity index (χ0) is 14.2. The van der Waals surface area contributed by atoms with E-state index in [0.29, 0.717) is 10.3 Å². The van der Waals surface area contributed by atoms with Gasteiger partial charge in [0, 0.05) is 12.6 Å². The molecule has 1 heterocycles. The van der Waals surface area contributed by atoms with Gasteiger partial charge in [-0.1, -0.05) is 16.8 Å². The van der Waals surface area contributed by atoms with Crippen LogP contribution in [0.1, 0.15) is 17.3 Å². The second kappa shape index (κ2) is 5.49. The second-order valence-electron chi connectivity index (χ2n) is 3.78. The maximum Gasteiger partial charge on any atom is 0.153 e. The van der Waals surface area contributed by atoms with Crippen molar-refractivity contribution in [2.45, 2.75) is 6.04 Å². The first-order chi connectivity index (χ1) is 8.95. The average Bonchev–Trinajstić information content (AvgIpc) is 2.68. The van der Waals surface area contributed by atoms with E-state index < -0.39 is 17.7 Å². The largest absolute Gasteiger partial charge is 0.271 e. The number of rotatable bonds is 3. The molecule has 0 spiro atoms. The first-order valence-electron chi connectivity index (χ1n) is 5.11. The number of halogens is 4. The fourth-order valence-electron chi connectivity index (χ4n) is 1.72. The number of aryl methyl sites for hydroxylation is 1. The van der Waals surface area contributed by atoms with E-state index in [1.165, 1.54) is 4.68 Å². The fraction of sp³-hybridized carbons (Fsp3) is 0.200. The Labute approximate surface area is 120 Å². The van der Waals surface area contributed by atoms with Gasteiger partial charge in [0.15, 0.2) is 4.60 Å². The van der Waals surface area contributed by atoms with E-state index in [2.05, 4.69) is 31.7 Å². The number of benzene rings is 1. The minimum Gasteiger partial charge on any atom is -0.271 e. The van der Waals surface area contributed by atoms with E-state index in [0.717, 1.165) is 12.1 Å². The summed E-state index contributed by atoms with van der Waals surface area (Å²) in [4.78, 5) is 0. The maximum atomic E-state index is 13.9. The number of hydrogen-bond acceptors (Lipinski definition) is 4. The number of nitrogens with zero attached hydrogens (tertiary/aromatic N) is 3. The summed E-state index contributed by atoms with van der Waals surface area (Å²) < 4.78 is 29.2. The molecule has 0 saturated carbocycles. The molecule has 1 aromatic heterocycles. The van der Waals surface area contributed by atoms with Crippen LogP contribution in [-0.2, 0) is 7.05 Å². The molecule has 0 saturated heterocycles. The number of hydrogen-bond donors (Lipinski definition) is 2. The average molecular weight is 353 g/mol. The molecular weight excluding hydrogens is 343 g/mol. The van der Waals surface area contributed by atoms with Gasteiger partial charge in [0.25, 0.3) is 0 Å². The molecule has 1 aromatic carbocycles. The van der Waals surface area contributed by atoms with Gasteiger partial charge in [0.05, 0.1) is 16.8 Å². The van der Waals surface area contributed by atoms with Gasteiger partial charge in [-0.2, -0.15) is 0 Å². The normalized spacial score (nSPS) is 12.7. The van der Waals surface area contributed by atoms with Crippen LogP contribution in [-0.4, -0.2) is 15.0 Å². The SMILES string of the molecule is Cn1nnc(Br)c1C(NN)c1cc(F)c(Cl)cc1F. The van der Waals surface area contributed by atoms with Crippen molar-refractivity contribution < 1.29 is 8.78 Å². The lowest BCUT2D eigenvalue weighted by Crippen LogP contribution is -2.31. The Morgan fingerprint density at radius 2 is 2.11 bits per heavy atom. The number of nitrogens with one attached hydrogen (secondary N) is 1. The van der Waals surface area contributed by atoms with Crippen molar-refractivity contribution in [3.8, 4) is 0 Å². The summed E-state index contributed by atoms with van der Waals surface area (Å²) in [5.41, 5.74) is 2.88. The lowest BCUT2D eigenvalue weighted by molar-refractivity contribution is 0.521. The molecule has 0 fully saturated rings. The standard InChI is InChI=1S/C10H9BrClF2N5/c1-19-9(10(11)17-18-19)8(16-15)4-2-7(14)5(12)3-6(4)13/h2-3,8,16H,15H2,1H3. The van der Waals surface area contributed by atoms with Crippen LogP contribution < -0.4 is 11.3 Å². The number of aromatic nitrogens is 3. The van der Waals surface area contributed by atoms with Gasteiger partial charge in [-0.05, 0) is 28.1 Å². The van der Waals surface area contributed by atoms with E-state index >= 15 is 0 Å². The highest BCUT2D eigenvalue weighted by molar-refractivity contribution is 9.10. The third-order valence-electron chi connectivity index (χ3n) is 2.62. The first kappa shape index (κ1) is 14.3. The van der Waals surface area contributed by atoms with Crippen LogP contribution in [0.5, 0.6) is 0 Å². The smallest absolute Gasteiger partial charge is 0.153 e. The van der Waals surface area contributed by atoms with E-state index in [4.69, 9.17) is 17.4 Å². The van der Waals surface area contributed by atoms with Gasteiger partial charge >= 0.3 is 0 Å². The van der Waals surface area contributed by atoms with Crippen LogP contribution in [0.3, 0.4) is 0 Å². The van der Waals surface area contributed by atoms with E-state index in [-0.39, 0.29) is 10.6 Å². The zero-order valence-corrected chi connectivity index (χ0v) is 12.0. The van der Waals surface area contributed by atoms with Gasteiger partial charge in [0.2, 0.25) is 0 Å². The molecule has 0 aliphatic carbocycles. The highest BCUT2D eigenvalue weighted by atomic mass is 79.9. The minimum atomic E-state index is -0.818. The van der Waals surface area contributed by atoms with E-state index in [9.17, 15) is 8.78 Å². The monoisotopic (exact) mass is 351 g/mol. The van der Waals surface area contributed by atoms with Crippen molar-refractivity contribution in [3.63, 3.8) is 0 Å². The summed E-state index contributed by atoms with van der Waals surface area (Å²) in [5.74, 6) is 4.02. The summed E-state index contributed by atoms with van der Waals surface area (Å²) >= 11 is 8.70. The minimum absolute atomic E-state index is 0.00972. The van der Waals surface area contributed by atoms with Crippen molar-refractivity contribution in [1.29, 1.82) is 0 Å². The zero-order valence-electron chi connectivity index (χ0n) is 9.66. The van der Waals surface area contributed by atoms with Gasteiger partial charge in [-0.3, -0.25) is 5.84 Å². The Kier molecular flexibility index (Phi) is 4.14. The Balaban J connectivity index is 2.58. The summed E-state index contributed by atoms with van der Waals surface area (Å²) in [6, 6.07) is 1.07. The Hall–Kier alpha value is -1.09. The molecule has 0 aliphatic heterocycles. The Morgan fingerprint density at radius 1 is 1.42 bits per heavy atom. The van der Waals surface area contributed by atoms with Crippen molar-refractivity contribution in [2.75, 3.05) is 0 Å². The Morgan fingerprint density at radius 3 is 2.63 bits per heavy atom. The lowest BCUT2D eigenvalue weighted by Gasteiger charge is -2.17. The third-order valence-corrected chi connectivity index (χ3v) is 3.47. The molecule has 19 heavy (non-hydrogen) atoms. The summed E-state index contributed by atoms with van der Waals surface area (Å²) in [5, 5.41) is 7.24. The molecule has 102 valence electrons. The van der Waals surface area contributed by atoms with Crippen molar-refractivity contribution in [1.82, 2.24) is 20.4 Å². The predicted octanol–water partition coefficient (Wildman–Crippen LogP) is 2.06. The molecule has 1 unspecified atom stereocenters. The topological polar surface area (TPSA) is 68.8 Å². The van der Waals surface area contributed by atoms with Crippen molar-refractivity contribution in [3.05, 3.63) is 44.7 Å². The van der Waals surface area contributed by atoms with E-state index in [1.54, 1.807) is 7.05 Å². The van der Waals surface area contributed by atoms with Crippen LogP contribution in [0.25, 0.3) is 0 Å². The molecule has 0 radical (unpaired) electrons. The van der Waals surface area contributed by atoms with Crippen molar-refractivity contribution in [2.24, 2.45) is 12.9 Å². The number of hydrazine groups is 1. The van der Waals surface area contributed by atoms with Crippen LogP contribution >= 0.6 is 27.5 Å². The van der Waals surface area contributed by atoms with Gasteiger partial charge < -0.3 is 0 Å². The van der Waals surface area contributed by atoms with Crippen LogP contribution in [0.15, 0.2) is 16.7 Å². The molecule has 2 rings (SSSR count). The highest BCUT2D eigenvalue weighted by Gasteiger charge is 2.25. The molecule has 3 N–H and O–H groups in total. The Bertz CT molecular complexity index is 599. The molecular formula is C10H9BrClF2N5. The van der Waals surface area contributed by atoms with E-state index in [1.807, 2.05) is 0 Å². The quantitative estimate of drug-likeness (QED) is 0.504. The highest BCUT2D eigenvalue weighted by Crippen LogP contribution is 2.30. The van der Waals surface area contributed by atoms with Crippen LogP contribution in [0.2, 0.25) is 5.02 Å². The molecule has 5 nitrogen and oxygen atoms in total. The first-order valence-corrected chi connectivity index (χ1v) is 6.28. The van der Waals surface area contributed by atoms with Gasteiger partial charge in [-0.25, -0.2) is 18.9 Å². The van der Waals surface area contributed by atoms with Crippen LogP contribution in [0.4, 0.5) is 8.78 Å². The molecule has 0 aliphatic rings. The summed E-state index contributed by atoms with van der Waals surface area (Å²) in [6.07, 6.45) is 0. The molecule has 1 atom stereocenters. The van der Waals surface area contributed by atoms with Crippen LogP contribution in [0, 0.1) is 11.6 Å². The van der Waals surface area contributed by atoms with Gasteiger partial charge in [0.1, 0.15) is 11.6 Å². The summed E-state index contributed by atoms with van der Waals surface area (Å²) in [7, 11) is 1.61. The molecule has 0 bridgehead atoms. The van der Waals surface area contributed by atoms with Crippen molar-refractivity contribution >= 4 is 27.5 Å². The predicted molar refractivity (Wildman–Crippen MR) is 69.2 cm³/mol. The lowest BCUT2D eigenvalue weighted by atomic mass is 10.0. The number of nitrogens with two attached hydrogens (primary N) is 1. The second-order valence-corrected chi connectivity index (χ2v) is 4.93. The maximum absolute atomic E-state index is 13.9. The fourth-order valence-corrected chi connectivity index (χ4v) is 2.43.